The second-order valence-corrected chi connectivity index (χ2v) is 8.15. The number of hydrogen-bond donors (Lipinski definition) is 2. The van der Waals surface area contributed by atoms with Crippen LogP contribution in [-0.4, -0.2) is 63.2 Å². The first-order valence-corrected chi connectivity index (χ1v) is 10.5. The van der Waals surface area contributed by atoms with Crippen LogP contribution in [0.15, 0.2) is 42.5 Å². The summed E-state index contributed by atoms with van der Waals surface area (Å²) in [6.45, 7) is 4.15. The maximum absolute atomic E-state index is 13.2. The Morgan fingerprint density at radius 1 is 1.10 bits per heavy atom. The molecule has 6 nitrogen and oxygen atoms in total. The van der Waals surface area contributed by atoms with Crippen molar-refractivity contribution in [2.45, 2.75) is 31.7 Å². The molecule has 3 heterocycles. The monoisotopic (exact) mass is 390 g/mol. The van der Waals surface area contributed by atoms with Gasteiger partial charge in [0, 0.05) is 35.6 Å². The molecule has 1 amide bonds. The van der Waals surface area contributed by atoms with Crippen molar-refractivity contribution in [1.82, 2.24) is 20.0 Å². The van der Waals surface area contributed by atoms with Crippen molar-refractivity contribution in [3.05, 3.63) is 48.0 Å². The summed E-state index contributed by atoms with van der Waals surface area (Å²) < 4.78 is 0. The number of amides is 1. The third-order valence-electron chi connectivity index (χ3n) is 6.27. The van der Waals surface area contributed by atoms with E-state index in [1.165, 1.54) is 12.8 Å². The molecule has 3 aromatic rings. The number of carbonyl (C=O) groups excluding carboxylic acids is 1. The fourth-order valence-corrected chi connectivity index (χ4v) is 4.75. The minimum atomic E-state index is 0.104. The molecular weight excluding hydrogens is 364 g/mol. The Labute approximate surface area is 170 Å². The maximum atomic E-state index is 13.2. The highest BCUT2D eigenvalue weighted by Crippen LogP contribution is 2.33. The molecule has 1 atom stereocenters. The number of hydrogen-bond acceptors (Lipinski definition) is 4. The van der Waals surface area contributed by atoms with Gasteiger partial charge in [0.1, 0.15) is 11.4 Å². The number of fused-ring (bicyclic) bond motifs is 1. The van der Waals surface area contributed by atoms with E-state index in [2.05, 4.69) is 20.0 Å². The number of likely N-dealkylation sites (tertiary alicyclic amines) is 2. The van der Waals surface area contributed by atoms with Crippen LogP contribution in [0.5, 0.6) is 5.75 Å². The summed E-state index contributed by atoms with van der Waals surface area (Å²) in [6, 6.07) is 13.2. The number of aromatic nitrogens is 2. The molecule has 1 aromatic heterocycles. The fraction of sp³-hybridized carbons (Fsp3) is 0.391. The summed E-state index contributed by atoms with van der Waals surface area (Å²) in [5.41, 5.74) is 2.89. The largest absolute Gasteiger partial charge is 0.507 e. The second-order valence-electron chi connectivity index (χ2n) is 8.15. The molecule has 0 bridgehead atoms. The van der Waals surface area contributed by atoms with Gasteiger partial charge in [-0.15, -0.1) is 0 Å². The van der Waals surface area contributed by atoms with Crippen molar-refractivity contribution in [2.24, 2.45) is 0 Å². The van der Waals surface area contributed by atoms with Crippen molar-refractivity contribution in [2.75, 3.05) is 26.2 Å². The van der Waals surface area contributed by atoms with Crippen molar-refractivity contribution < 1.29 is 9.90 Å². The molecule has 0 saturated carbocycles. The number of phenols is 1. The van der Waals surface area contributed by atoms with Crippen LogP contribution < -0.4 is 0 Å². The molecule has 150 valence electrons. The first-order valence-electron chi connectivity index (χ1n) is 10.5. The van der Waals surface area contributed by atoms with E-state index in [1.807, 2.05) is 30.3 Å². The lowest BCUT2D eigenvalue weighted by atomic mass is 10.0. The predicted octanol–water partition coefficient (Wildman–Crippen LogP) is 3.64. The Kier molecular flexibility index (Phi) is 4.72. The first-order chi connectivity index (χ1) is 14.2. The molecule has 2 aromatic carbocycles. The predicted molar refractivity (Wildman–Crippen MR) is 113 cm³/mol. The molecule has 0 radical (unpaired) electrons. The highest BCUT2D eigenvalue weighted by molar-refractivity contribution is 6.01. The Morgan fingerprint density at radius 3 is 2.76 bits per heavy atom. The number of benzene rings is 2. The van der Waals surface area contributed by atoms with Gasteiger partial charge in [0.15, 0.2) is 0 Å². The molecule has 29 heavy (non-hydrogen) atoms. The third kappa shape index (κ3) is 3.38. The van der Waals surface area contributed by atoms with Crippen LogP contribution in [0.1, 0.15) is 36.0 Å². The second kappa shape index (κ2) is 7.52. The lowest BCUT2D eigenvalue weighted by molar-refractivity contribution is 0.0709. The van der Waals surface area contributed by atoms with Gasteiger partial charge in [0.25, 0.3) is 5.91 Å². The van der Waals surface area contributed by atoms with Gasteiger partial charge in [-0.3, -0.25) is 9.89 Å². The average molecular weight is 390 g/mol. The minimum absolute atomic E-state index is 0.104. The SMILES string of the molecule is O=C(c1ccc2c(-c3ccccc3O)n[nH]c2c1)N1CCC[C@H]1CN1CCCC1. The van der Waals surface area contributed by atoms with Crippen molar-refractivity contribution in [3.8, 4) is 17.0 Å². The van der Waals surface area contributed by atoms with Crippen molar-refractivity contribution >= 4 is 16.8 Å². The van der Waals surface area contributed by atoms with Gasteiger partial charge < -0.3 is 14.9 Å². The molecular formula is C23H26N4O2. The Bertz CT molecular complexity index is 1040. The van der Waals surface area contributed by atoms with E-state index >= 15 is 0 Å². The van der Waals surface area contributed by atoms with Gasteiger partial charge in [0.05, 0.1) is 5.52 Å². The Hall–Kier alpha value is -2.86. The van der Waals surface area contributed by atoms with Gasteiger partial charge in [-0.2, -0.15) is 5.10 Å². The standard InChI is InChI=1S/C23H26N4O2/c28-21-8-2-1-7-19(21)22-18-10-9-16(14-20(18)24-25-22)23(29)27-13-5-6-17(27)15-26-11-3-4-12-26/h1-2,7-10,14,17,28H,3-6,11-13,15H2,(H,24,25)/t17-/m0/s1. The lowest BCUT2D eigenvalue weighted by Gasteiger charge is -2.28. The number of H-pyrrole nitrogens is 1. The summed E-state index contributed by atoms with van der Waals surface area (Å²) in [7, 11) is 0. The topological polar surface area (TPSA) is 72.5 Å². The zero-order chi connectivity index (χ0) is 19.8. The van der Waals surface area contributed by atoms with Gasteiger partial charge in [-0.05, 0) is 69.1 Å². The van der Waals surface area contributed by atoms with E-state index < -0.39 is 0 Å². The van der Waals surface area contributed by atoms with Crippen LogP contribution in [-0.2, 0) is 0 Å². The summed E-state index contributed by atoms with van der Waals surface area (Å²) >= 11 is 0. The smallest absolute Gasteiger partial charge is 0.254 e. The third-order valence-corrected chi connectivity index (χ3v) is 6.27. The zero-order valence-electron chi connectivity index (χ0n) is 16.5. The van der Waals surface area contributed by atoms with Crippen molar-refractivity contribution in [1.29, 1.82) is 0 Å². The van der Waals surface area contributed by atoms with Gasteiger partial charge >= 0.3 is 0 Å². The molecule has 2 saturated heterocycles. The highest BCUT2D eigenvalue weighted by atomic mass is 16.3. The van der Waals surface area contributed by atoms with Crippen molar-refractivity contribution in [3.63, 3.8) is 0 Å². The molecule has 2 N–H and O–H groups in total. The van der Waals surface area contributed by atoms with Gasteiger partial charge in [0.2, 0.25) is 0 Å². The van der Waals surface area contributed by atoms with E-state index in [4.69, 9.17) is 0 Å². The van der Waals surface area contributed by atoms with Crippen LogP contribution in [0.3, 0.4) is 0 Å². The van der Waals surface area contributed by atoms with E-state index in [9.17, 15) is 9.90 Å². The number of phenolic OH excluding ortho intramolecular Hbond substituents is 1. The molecule has 2 aliphatic rings. The molecule has 2 aliphatic heterocycles. The number of aromatic amines is 1. The van der Waals surface area contributed by atoms with Crippen LogP contribution >= 0.6 is 0 Å². The number of nitrogens with one attached hydrogen (secondary N) is 1. The molecule has 0 aliphatic carbocycles. The average Bonchev–Trinajstić information content (AvgIpc) is 3.49. The summed E-state index contributed by atoms with van der Waals surface area (Å²) in [5.74, 6) is 0.301. The molecule has 0 unspecified atom stereocenters. The maximum Gasteiger partial charge on any atom is 0.254 e. The van der Waals surface area contributed by atoms with Crippen LogP contribution in [0.25, 0.3) is 22.2 Å². The van der Waals surface area contributed by atoms with Gasteiger partial charge in [-0.1, -0.05) is 12.1 Å². The van der Waals surface area contributed by atoms with Crippen LogP contribution in [0, 0.1) is 0 Å². The summed E-state index contributed by atoms with van der Waals surface area (Å²) in [5, 5.41) is 18.5. The number of aromatic hydroxyl groups is 1. The Morgan fingerprint density at radius 2 is 1.93 bits per heavy atom. The van der Waals surface area contributed by atoms with Crippen LogP contribution in [0.2, 0.25) is 0 Å². The molecule has 2 fully saturated rings. The molecule has 6 heteroatoms. The van der Waals surface area contributed by atoms with E-state index in [0.29, 0.717) is 22.9 Å². The minimum Gasteiger partial charge on any atom is -0.507 e. The highest BCUT2D eigenvalue weighted by Gasteiger charge is 2.31. The van der Waals surface area contributed by atoms with E-state index in [0.717, 1.165) is 49.9 Å². The van der Waals surface area contributed by atoms with Crippen LogP contribution in [0.4, 0.5) is 0 Å². The van der Waals surface area contributed by atoms with E-state index in [1.54, 1.807) is 12.1 Å². The summed E-state index contributed by atoms with van der Waals surface area (Å²) in [4.78, 5) is 17.8. The number of rotatable bonds is 4. The molecule has 5 rings (SSSR count). The molecule has 0 spiro atoms. The quantitative estimate of drug-likeness (QED) is 0.713. The van der Waals surface area contributed by atoms with Gasteiger partial charge in [-0.25, -0.2) is 0 Å². The zero-order valence-corrected chi connectivity index (χ0v) is 16.5. The number of carbonyl (C=O) groups is 1. The normalized spacial score (nSPS) is 20.0. The Balaban J connectivity index is 1.40. The summed E-state index contributed by atoms with van der Waals surface area (Å²) in [6.07, 6.45) is 4.72. The first kappa shape index (κ1) is 18.2. The fourth-order valence-electron chi connectivity index (χ4n) is 4.75. The van der Waals surface area contributed by atoms with E-state index in [-0.39, 0.29) is 11.7 Å². The lowest BCUT2D eigenvalue weighted by Crippen LogP contribution is -2.42. The number of nitrogens with zero attached hydrogens (tertiary/aromatic N) is 3. The number of para-hydroxylation sites is 1.